The first kappa shape index (κ1) is 22.8. The van der Waals surface area contributed by atoms with Gasteiger partial charge in [0.25, 0.3) is 0 Å². The highest BCUT2D eigenvalue weighted by Crippen LogP contribution is 2.40. The van der Waals surface area contributed by atoms with Gasteiger partial charge in [0.05, 0.1) is 13.0 Å². The number of rotatable bonds is 8. The van der Waals surface area contributed by atoms with Crippen molar-refractivity contribution in [1.29, 1.82) is 0 Å². The van der Waals surface area contributed by atoms with Crippen LogP contribution >= 0.6 is 0 Å². The van der Waals surface area contributed by atoms with E-state index in [4.69, 9.17) is 4.74 Å². The summed E-state index contributed by atoms with van der Waals surface area (Å²) in [5.74, 6) is 2.55. The smallest absolute Gasteiger partial charge is 0.227 e. The Morgan fingerprint density at radius 1 is 1.03 bits per heavy atom. The largest absolute Gasteiger partial charge is 0.493 e. The molecule has 2 aromatic rings. The number of nitrogens with zero attached hydrogens (tertiary/aromatic N) is 2. The molecular formula is C27H35FN2O2. The summed E-state index contributed by atoms with van der Waals surface area (Å²) in [5, 5.41) is 0. The normalized spacial score (nSPS) is 22.8. The van der Waals surface area contributed by atoms with Gasteiger partial charge in [0.2, 0.25) is 5.91 Å². The van der Waals surface area contributed by atoms with E-state index >= 15 is 0 Å². The molecule has 3 atom stereocenters. The van der Waals surface area contributed by atoms with Gasteiger partial charge >= 0.3 is 0 Å². The number of fused-ring (bicyclic) bond motifs is 1. The molecule has 1 saturated carbocycles. The van der Waals surface area contributed by atoms with E-state index in [1.807, 2.05) is 24.3 Å². The topological polar surface area (TPSA) is 32.8 Å². The number of amides is 1. The number of hydrogen-bond donors (Lipinski definition) is 0. The summed E-state index contributed by atoms with van der Waals surface area (Å²) in [7, 11) is 2.18. The van der Waals surface area contributed by atoms with Gasteiger partial charge in [-0.1, -0.05) is 38.1 Å². The van der Waals surface area contributed by atoms with Gasteiger partial charge in [0.1, 0.15) is 11.6 Å². The molecule has 32 heavy (non-hydrogen) atoms. The van der Waals surface area contributed by atoms with Crippen molar-refractivity contribution < 1.29 is 13.9 Å². The number of hydrogen-bond acceptors (Lipinski definition) is 3. The third-order valence-corrected chi connectivity index (χ3v) is 6.80. The second-order valence-electron chi connectivity index (χ2n) is 10.0. The molecule has 0 spiro atoms. The van der Waals surface area contributed by atoms with Crippen molar-refractivity contribution in [2.24, 2.45) is 17.8 Å². The molecule has 4 rings (SSSR count). The van der Waals surface area contributed by atoms with Gasteiger partial charge < -0.3 is 14.5 Å². The summed E-state index contributed by atoms with van der Waals surface area (Å²) < 4.78 is 19.2. The Kier molecular flexibility index (Phi) is 7.14. The van der Waals surface area contributed by atoms with Crippen molar-refractivity contribution in [2.75, 3.05) is 26.7 Å². The van der Waals surface area contributed by atoms with Crippen LogP contribution in [0.2, 0.25) is 0 Å². The van der Waals surface area contributed by atoms with E-state index in [-0.39, 0.29) is 17.8 Å². The number of halogens is 1. The fraction of sp³-hybridized carbons (Fsp3) is 0.519. The summed E-state index contributed by atoms with van der Waals surface area (Å²) in [4.78, 5) is 17.9. The molecule has 0 aromatic heterocycles. The van der Waals surface area contributed by atoms with E-state index < -0.39 is 0 Å². The fourth-order valence-electron chi connectivity index (χ4n) is 5.21. The van der Waals surface area contributed by atoms with Crippen molar-refractivity contribution in [3.8, 4) is 5.75 Å². The Hall–Kier alpha value is -2.40. The minimum atomic E-state index is -0.246. The van der Waals surface area contributed by atoms with Crippen LogP contribution in [0.3, 0.4) is 0 Å². The molecule has 0 unspecified atom stereocenters. The second kappa shape index (κ2) is 10.0. The molecule has 4 nitrogen and oxygen atoms in total. The molecule has 2 aliphatic rings. The van der Waals surface area contributed by atoms with Gasteiger partial charge in [-0.3, -0.25) is 4.79 Å². The summed E-state index contributed by atoms with van der Waals surface area (Å²) in [6.07, 6.45) is 2.49. The van der Waals surface area contributed by atoms with Crippen molar-refractivity contribution >= 4 is 5.91 Å². The zero-order valence-corrected chi connectivity index (χ0v) is 19.5. The Morgan fingerprint density at radius 2 is 1.62 bits per heavy atom. The molecule has 1 aliphatic carbocycles. The lowest BCUT2D eigenvalue weighted by atomic mass is 10.0. The van der Waals surface area contributed by atoms with Gasteiger partial charge in [0, 0.05) is 25.7 Å². The number of ether oxygens (including phenoxy) is 1. The minimum absolute atomic E-state index is 0.142. The zero-order valence-electron chi connectivity index (χ0n) is 19.5. The number of carbonyl (C=O) groups is 1. The minimum Gasteiger partial charge on any atom is -0.493 e. The van der Waals surface area contributed by atoms with Gasteiger partial charge in [0.15, 0.2) is 0 Å². The first-order valence-electron chi connectivity index (χ1n) is 11.8. The second-order valence-corrected chi connectivity index (χ2v) is 10.0. The molecule has 1 heterocycles. The fourth-order valence-corrected chi connectivity index (χ4v) is 5.21. The van der Waals surface area contributed by atoms with Crippen molar-refractivity contribution in [1.82, 2.24) is 9.80 Å². The standard InChI is InChI=1S/C27H35FN2O2/c1-19(2)18-32-26-10-6-20(7-11-26)12-27(31)30(15-21-4-8-24(28)9-5-21)25-13-22-16-29(3)17-23(22)14-25/h4-11,19,22-23,25H,12-18H2,1-3H3/t22-,23+,25-. The quantitative estimate of drug-likeness (QED) is 0.595. The Labute approximate surface area is 191 Å². The molecule has 0 N–H and O–H groups in total. The highest BCUT2D eigenvalue weighted by atomic mass is 19.1. The molecule has 2 fully saturated rings. The zero-order chi connectivity index (χ0) is 22.7. The Bertz CT molecular complexity index is 883. The van der Waals surface area contributed by atoms with Crippen molar-refractivity contribution in [3.05, 3.63) is 65.5 Å². The van der Waals surface area contributed by atoms with E-state index in [0.29, 0.717) is 37.3 Å². The molecule has 1 aliphatic heterocycles. The van der Waals surface area contributed by atoms with E-state index in [1.54, 1.807) is 12.1 Å². The van der Waals surface area contributed by atoms with Crippen LogP contribution in [0.25, 0.3) is 0 Å². The van der Waals surface area contributed by atoms with E-state index in [0.717, 1.165) is 42.8 Å². The van der Waals surface area contributed by atoms with E-state index in [2.05, 4.69) is 30.7 Å². The van der Waals surface area contributed by atoms with Crippen LogP contribution in [0.1, 0.15) is 37.8 Å². The highest BCUT2D eigenvalue weighted by Gasteiger charge is 2.42. The molecule has 1 saturated heterocycles. The molecule has 0 radical (unpaired) electrons. The van der Waals surface area contributed by atoms with Crippen LogP contribution in [0.4, 0.5) is 4.39 Å². The van der Waals surface area contributed by atoms with Crippen LogP contribution < -0.4 is 4.74 Å². The monoisotopic (exact) mass is 438 g/mol. The third-order valence-electron chi connectivity index (χ3n) is 6.80. The highest BCUT2D eigenvalue weighted by molar-refractivity contribution is 5.79. The molecular weight excluding hydrogens is 403 g/mol. The molecule has 5 heteroatoms. The predicted molar refractivity (Wildman–Crippen MR) is 125 cm³/mol. The summed E-state index contributed by atoms with van der Waals surface area (Å²) >= 11 is 0. The lowest BCUT2D eigenvalue weighted by Gasteiger charge is -2.30. The maximum atomic E-state index is 13.5. The maximum absolute atomic E-state index is 13.5. The SMILES string of the molecule is CC(C)COc1ccc(CC(=O)N(Cc2ccc(F)cc2)[C@@H]2C[C@@H]3CN(C)C[C@@H]3C2)cc1. The van der Waals surface area contributed by atoms with Crippen LogP contribution in [0.5, 0.6) is 5.75 Å². The first-order valence-corrected chi connectivity index (χ1v) is 11.8. The Balaban J connectivity index is 1.45. The maximum Gasteiger partial charge on any atom is 0.227 e. The Morgan fingerprint density at radius 3 is 2.22 bits per heavy atom. The number of carbonyl (C=O) groups excluding carboxylic acids is 1. The summed E-state index contributed by atoms with van der Waals surface area (Å²) in [5.41, 5.74) is 1.97. The van der Waals surface area contributed by atoms with Crippen LogP contribution in [0.15, 0.2) is 48.5 Å². The average molecular weight is 439 g/mol. The summed E-state index contributed by atoms with van der Waals surface area (Å²) in [6.45, 7) is 7.71. The van der Waals surface area contributed by atoms with Crippen LogP contribution in [-0.2, 0) is 17.8 Å². The molecule has 0 bridgehead atoms. The van der Waals surface area contributed by atoms with Crippen LogP contribution in [0, 0.1) is 23.6 Å². The lowest BCUT2D eigenvalue weighted by molar-refractivity contribution is -0.133. The summed E-state index contributed by atoms with van der Waals surface area (Å²) in [6, 6.07) is 14.7. The van der Waals surface area contributed by atoms with Crippen LogP contribution in [-0.4, -0.2) is 48.5 Å². The lowest BCUT2D eigenvalue weighted by Crippen LogP contribution is -2.40. The predicted octanol–water partition coefficient (Wildman–Crippen LogP) is 4.77. The van der Waals surface area contributed by atoms with Crippen molar-refractivity contribution in [2.45, 2.75) is 45.7 Å². The van der Waals surface area contributed by atoms with Gasteiger partial charge in [-0.15, -0.1) is 0 Å². The average Bonchev–Trinajstić information content (AvgIpc) is 3.30. The van der Waals surface area contributed by atoms with E-state index in [9.17, 15) is 9.18 Å². The first-order chi connectivity index (χ1) is 15.4. The molecule has 2 aromatic carbocycles. The van der Waals surface area contributed by atoms with Gasteiger partial charge in [-0.25, -0.2) is 4.39 Å². The van der Waals surface area contributed by atoms with E-state index in [1.165, 1.54) is 12.1 Å². The number of benzene rings is 2. The molecule has 1 amide bonds. The van der Waals surface area contributed by atoms with Gasteiger partial charge in [-0.05, 0) is 73.0 Å². The van der Waals surface area contributed by atoms with Crippen molar-refractivity contribution in [3.63, 3.8) is 0 Å². The number of likely N-dealkylation sites (tertiary alicyclic amines) is 1. The third kappa shape index (κ3) is 5.69. The molecule has 172 valence electrons. The van der Waals surface area contributed by atoms with Gasteiger partial charge in [-0.2, -0.15) is 0 Å².